The van der Waals surface area contributed by atoms with Gasteiger partial charge in [0.1, 0.15) is 0 Å². The largest absolute Gasteiger partial charge is 0.459 e. The van der Waals surface area contributed by atoms with Crippen LogP contribution in [-0.4, -0.2) is 26.5 Å². The first-order valence-corrected chi connectivity index (χ1v) is 10.8. The van der Waals surface area contributed by atoms with Crippen molar-refractivity contribution in [3.8, 4) is 0 Å². The Kier molecular flexibility index (Phi) is 5.97. The van der Waals surface area contributed by atoms with Crippen molar-refractivity contribution in [1.82, 2.24) is 0 Å². The van der Waals surface area contributed by atoms with Gasteiger partial charge in [-0.05, 0) is 48.5 Å². The van der Waals surface area contributed by atoms with Gasteiger partial charge in [-0.25, -0.2) is 8.42 Å². The normalized spacial score (nSPS) is 11.1. The lowest BCUT2D eigenvalue weighted by atomic mass is 10.2. The molecule has 0 bridgehead atoms. The molecule has 3 aromatic rings. The van der Waals surface area contributed by atoms with Gasteiger partial charge in [-0.15, -0.1) is 0 Å². The minimum absolute atomic E-state index is 0.0344. The molecule has 2 N–H and O–H groups in total. The van der Waals surface area contributed by atoms with E-state index in [1.54, 1.807) is 6.07 Å². The number of carbonyl (C=O) groups excluding carboxylic acids is 2. The van der Waals surface area contributed by atoms with Crippen LogP contribution in [-0.2, 0) is 9.84 Å². The average molecular weight is 453 g/mol. The summed E-state index contributed by atoms with van der Waals surface area (Å²) >= 11 is 12.1. The Morgan fingerprint density at radius 2 is 1.66 bits per heavy atom. The Labute approximate surface area is 176 Å². The molecule has 0 fully saturated rings. The van der Waals surface area contributed by atoms with E-state index in [4.69, 9.17) is 27.6 Å². The third-order valence-electron chi connectivity index (χ3n) is 3.83. The quantitative estimate of drug-likeness (QED) is 0.592. The summed E-state index contributed by atoms with van der Waals surface area (Å²) in [6.45, 7) is 0. The molecular weight excluding hydrogens is 439 g/mol. The lowest BCUT2D eigenvalue weighted by molar-refractivity contribution is 0.0993. The highest BCUT2D eigenvalue weighted by molar-refractivity contribution is 7.90. The van der Waals surface area contributed by atoms with E-state index in [0.717, 1.165) is 6.26 Å². The molecule has 0 aliphatic rings. The molecule has 0 radical (unpaired) electrons. The van der Waals surface area contributed by atoms with Crippen LogP contribution in [0.25, 0.3) is 0 Å². The molecule has 3 rings (SSSR count). The molecule has 1 heterocycles. The van der Waals surface area contributed by atoms with E-state index in [1.807, 2.05) is 0 Å². The summed E-state index contributed by atoms with van der Waals surface area (Å²) in [5.74, 6) is -1.12. The molecule has 2 aromatic carbocycles. The first-order valence-electron chi connectivity index (χ1n) is 8.10. The van der Waals surface area contributed by atoms with Gasteiger partial charge >= 0.3 is 0 Å². The number of hydrogen-bond acceptors (Lipinski definition) is 5. The van der Waals surface area contributed by atoms with Crippen LogP contribution in [0.15, 0.2) is 64.1 Å². The minimum Gasteiger partial charge on any atom is -0.459 e. The molecule has 0 spiro atoms. The van der Waals surface area contributed by atoms with Gasteiger partial charge in [-0.2, -0.15) is 0 Å². The molecule has 0 unspecified atom stereocenters. The van der Waals surface area contributed by atoms with E-state index in [2.05, 4.69) is 10.6 Å². The van der Waals surface area contributed by atoms with Gasteiger partial charge in [0.25, 0.3) is 11.8 Å². The second-order valence-electron chi connectivity index (χ2n) is 5.99. The molecule has 1 aromatic heterocycles. The Balaban J connectivity index is 1.91. The maximum absolute atomic E-state index is 12.7. The second kappa shape index (κ2) is 8.28. The van der Waals surface area contributed by atoms with Gasteiger partial charge in [0.15, 0.2) is 15.6 Å². The van der Waals surface area contributed by atoms with E-state index in [9.17, 15) is 18.0 Å². The highest BCUT2D eigenvalue weighted by Gasteiger charge is 2.18. The van der Waals surface area contributed by atoms with E-state index in [-0.39, 0.29) is 32.6 Å². The maximum atomic E-state index is 12.7. The number of rotatable bonds is 5. The lowest BCUT2D eigenvalue weighted by Gasteiger charge is -2.13. The van der Waals surface area contributed by atoms with Gasteiger partial charge in [0.2, 0.25) is 0 Å². The van der Waals surface area contributed by atoms with Crippen LogP contribution in [0.5, 0.6) is 0 Å². The number of hydrogen-bond donors (Lipinski definition) is 2. The summed E-state index contributed by atoms with van der Waals surface area (Å²) in [4.78, 5) is 24.9. The summed E-state index contributed by atoms with van der Waals surface area (Å²) in [6.07, 6.45) is 2.38. The molecule has 29 heavy (non-hydrogen) atoms. The zero-order valence-corrected chi connectivity index (χ0v) is 17.2. The highest BCUT2D eigenvalue weighted by atomic mass is 35.5. The number of amides is 2. The highest BCUT2D eigenvalue weighted by Crippen LogP contribution is 2.28. The van der Waals surface area contributed by atoms with Crippen molar-refractivity contribution in [1.29, 1.82) is 0 Å². The summed E-state index contributed by atoms with van der Waals surface area (Å²) in [5, 5.41) is 5.60. The predicted molar refractivity (Wildman–Crippen MR) is 111 cm³/mol. The molecule has 0 aliphatic carbocycles. The number of nitrogens with one attached hydrogen (secondary N) is 2. The summed E-state index contributed by atoms with van der Waals surface area (Å²) in [7, 11) is -3.53. The fourth-order valence-corrected chi connectivity index (χ4v) is 3.44. The maximum Gasteiger partial charge on any atom is 0.291 e. The predicted octanol–water partition coefficient (Wildman–Crippen LogP) is 4.49. The SMILES string of the molecule is CS(=O)(=O)c1ccc(Cl)c(C(=O)Nc2ccc(Cl)cc2NC(=O)c2ccco2)c1. The first-order chi connectivity index (χ1) is 13.6. The molecule has 150 valence electrons. The number of benzene rings is 2. The third-order valence-corrected chi connectivity index (χ3v) is 5.51. The molecule has 10 heteroatoms. The zero-order chi connectivity index (χ0) is 21.2. The molecule has 0 saturated heterocycles. The monoisotopic (exact) mass is 452 g/mol. The molecule has 0 aliphatic heterocycles. The van der Waals surface area contributed by atoms with E-state index in [0.29, 0.717) is 5.02 Å². The molecule has 2 amide bonds. The Bertz CT molecular complexity index is 1190. The fourth-order valence-electron chi connectivity index (χ4n) is 2.42. The van der Waals surface area contributed by atoms with E-state index in [1.165, 1.54) is 48.7 Å². The number of carbonyl (C=O) groups is 2. The second-order valence-corrected chi connectivity index (χ2v) is 8.85. The van der Waals surface area contributed by atoms with Gasteiger partial charge in [0.05, 0.1) is 33.1 Å². The first kappa shape index (κ1) is 20.9. The molecule has 0 saturated carbocycles. The smallest absolute Gasteiger partial charge is 0.291 e. The summed E-state index contributed by atoms with van der Waals surface area (Å²) in [6, 6.07) is 11.3. The van der Waals surface area contributed by atoms with E-state index >= 15 is 0 Å². The topological polar surface area (TPSA) is 105 Å². The van der Waals surface area contributed by atoms with Crippen LogP contribution in [0, 0.1) is 0 Å². The zero-order valence-electron chi connectivity index (χ0n) is 14.9. The van der Waals surface area contributed by atoms with Gasteiger partial charge in [-0.3, -0.25) is 9.59 Å². The van der Waals surface area contributed by atoms with Crippen molar-refractivity contribution < 1.29 is 22.4 Å². The van der Waals surface area contributed by atoms with Crippen molar-refractivity contribution in [3.05, 3.63) is 76.2 Å². The Hall–Kier alpha value is -2.81. The van der Waals surface area contributed by atoms with Crippen molar-refractivity contribution >= 4 is 56.2 Å². The standard InChI is InChI=1S/C19H14Cl2N2O5S/c1-29(26,27)12-5-6-14(21)13(10-12)18(24)22-15-7-4-11(20)9-16(15)23-19(25)17-3-2-8-28-17/h2-10H,1H3,(H,22,24)(H,23,25). The number of furan rings is 1. The summed E-state index contributed by atoms with van der Waals surface area (Å²) in [5.41, 5.74) is 0.427. The van der Waals surface area contributed by atoms with Crippen molar-refractivity contribution in [2.24, 2.45) is 0 Å². The number of sulfone groups is 1. The van der Waals surface area contributed by atoms with Crippen molar-refractivity contribution in [2.45, 2.75) is 4.90 Å². The Morgan fingerprint density at radius 1 is 0.931 bits per heavy atom. The molecule has 0 atom stereocenters. The lowest BCUT2D eigenvalue weighted by Crippen LogP contribution is -2.17. The van der Waals surface area contributed by atoms with Crippen molar-refractivity contribution in [3.63, 3.8) is 0 Å². The van der Waals surface area contributed by atoms with Gasteiger partial charge in [-0.1, -0.05) is 23.2 Å². The van der Waals surface area contributed by atoms with E-state index < -0.39 is 21.7 Å². The number of halogens is 2. The van der Waals surface area contributed by atoms with Crippen LogP contribution in [0.2, 0.25) is 10.0 Å². The fraction of sp³-hybridized carbons (Fsp3) is 0.0526. The minimum atomic E-state index is -3.53. The third kappa shape index (κ3) is 4.97. The van der Waals surface area contributed by atoms with Crippen LogP contribution in [0.1, 0.15) is 20.9 Å². The molecular formula is C19H14Cl2N2O5S. The van der Waals surface area contributed by atoms with Crippen LogP contribution >= 0.6 is 23.2 Å². The Morgan fingerprint density at radius 3 is 2.31 bits per heavy atom. The van der Waals surface area contributed by atoms with Crippen LogP contribution in [0.4, 0.5) is 11.4 Å². The van der Waals surface area contributed by atoms with Crippen LogP contribution in [0.3, 0.4) is 0 Å². The van der Waals surface area contributed by atoms with Gasteiger partial charge < -0.3 is 15.1 Å². The van der Waals surface area contributed by atoms with Gasteiger partial charge in [0, 0.05) is 11.3 Å². The number of anilines is 2. The van der Waals surface area contributed by atoms with Crippen LogP contribution < -0.4 is 10.6 Å². The summed E-state index contributed by atoms with van der Waals surface area (Å²) < 4.78 is 28.6. The average Bonchev–Trinajstić information content (AvgIpc) is 3.18. The molecule has 7 nitrogen and oxygen atoms in total. The van der Waals surface area contributed by atoms with Crippen molar-refractivity contribution in [2.75, 3.05) is 16.9 Å².